The maximum Gasteiger partial charge on any atom is 0.263 e. The first-order valence-electron chi connectivity index (χ1n) is 11.5. The van der Waals surface area contributed by atoms with Gasteiger partial charge in [-0.2, -0.15) is 0 Å². The number of nitrogens with one attached hydrogen (secondary N) is 1. The lowest BCUT2D eigenvalue weighted by atomic mass is 10.0. The number of piperazine rings is 1. The van der Waals surface area contributed by atoms with Gasteiger partial charge in [-0.25, -0.2) is 18.4 Å². The average molecular weight is 499 g/mol. The predicted octanol–water partition coefficient (Wildman–Crippen LogP) is 2.59. The number of benzene rings is 2. The zero-order chi connectivity index (χ0) is 24.8. The van der Waals surface area contributed by atoms with Crippen LogP contribution in [0.3, 0.4) is 0 Å². The summed E-state index contributed by atoms with van der Waals surface area (Å²) in [6.45, 7) is 2.60. The minimum Gasteiger partial charge on any atom is -0.368 e. The van der Waals surface area contributed by atoms with E-state index in [4.69, 9.17) is 0 Å². The van der Waals surface area contributed by atoms with Crippen LogP contribution in [0.25, 0.3) is 0 Å². The van der Waals surface area contributed by atoms with Gasteiger partial charge in [-0.3, -0.25) is 14.4 Å². The number of sulfonamides is 1. The van der Waals surface area contributed by atoms with Crippen molar-refractivity contribution in [2.24, 2.45) is 0 Å². The number of likely N-dealkylation sites (N-methyl/N-ethyl adjacent to an activating group) is 1. The molecule has 4 rings (SSSR count). The normalized spacial score (nSPS) is 15.2. The number of hydrogen-bond acceptors (Lipinski definition) is 7. The zero-order valence-electron chi connectivity index (χ0n) is 19.9. The van der Waals surface area contributed by atoms with Crippen molar-refractivity contribution in [2.45, 2.75) is 17.4 Å². The number of rotatable bonds is 8. The summed E-state index contributed by atoms with van der Waals surface area (Å²) in [7, 11) is 0.142. The Bertz CT molecular complexity index is 1220. The molecule has 1 aliphatic rings. The SMILES string of the molecule is CN(C)[C@@H](Cc1ccccc1)C(=O)N1CCN(c2ccc(S(=O)(=O)Nc3ccncn3)cc2)CC1.[HH].[HH]. The number of hydrogen-bond donors (Lipinski definition) is 1. The predicted molar refractivity (Wildman–Crippen MR) is 140 cm³/mol. The van der Waals surface area contributed by atoms with Crippen LogP contribution in [-0.4, -0.2) is 80.4 Å². The summed E-state index contributed by atoms with van der Waals surface area (Å²) in [6, 6.07) is 18.1. The summed E-state index contributed by atoms with van der Waals surface area (Å²) in [5, 5.41) is 0. The van der Waals surface area contributed by atoms with E-state index in [9.17, 15) is 13.2 Å². The van der Waals surface area contributed by atoms with Gasteiger partial charge in [0.1, 0.15) is 12.1 Å². The fourth-order valence-corrected chi connectivity index (χ4v) is 5.12. The molecule has 1 amide bonds. The Balaban J connectivity index is 0.00000241. The zero-order valence-corrected chi connectivity index (χ0v) is 20.7. The van der Waals surface area contributed by atoms with Crippen LogP contribution in [0, 0.1) is 0 Å². The van der Waals surface area contributed by atoms with Gasteiger partial charge in [-0.1, -0.05) is 30.3 Å². The van der Waals surface area contributed by atoms with E-state index in [0.717, 1.165) is 11.3 Å². The molecule has 1 saturated heterocycles. The van der Waals surface area contributed by atoms with Crippen molar-refractivity contribution in [1.29, 1.82) is 0 Å². The van der Waals surface area contributed by atoms with Gasteiger partial charge >= 0.3 is 0 Å². The second kappa shape index (κ2) is 10.8. The van der Waals surface area contributed by atoms with Gasteiger partial charge in [0.15, 0.2) is 0 Å². The Kier molecular flexibility index (Phi) is 7.62. The summed E-state index contributed by atoms with van der Waals surface area (Å²) >= 11 is 0. The highest BCUT2D eigenvalue weighted by Gasteiger charge is 2.29. The number of aromatic nitrogens is 2. The molecule has 35 heavy (non-hydrogen) atoms. The molecule has 0 bridgehead atoms. The van der Waals surface area contributed by atoms with Crippen molar-refractivity contribution in [2.75, 3.05) is 49.9 Å². The standard InChI is InChI=1S/C25H30N6O3S.2H2/c1-29(2)23(18-20-6-4-3-5-7-20)25(32)31-16-14-30(15-17-31)21-8-10-22(11-9-21)35(33,34)28-24-12-13-26-19-27-24;;/h3-13,19,23H,14-18H2,1-2H3,(H,26,27,28);2*1H/t23-;;/m0../s1. The molecule has 9 nitrogen and oxygen atoms in total. The van der Waals surface area contributed by atoms with Crippen molar-refractivity contribution >= 4 is 27.4 Å². The van der Waals surface area contributed by atoms with Crippen molar-refractivity contribution in [3.63, 3.8) is 0 Å². The van der Waals surface area contributed by atoms with E-state index in [1.165, 1.54) is 18.6 Å². The molecular formula is C25H34N6O3S. The van der Waals surface area contributed by atoms with Crippen LogP contribution in [0.1, 0.15) is 8.42 Å². The molecule has 0 radical (unpaired) electrons. The van der Waals surface area contributed by atoms with E-state index in [1.54, 1.807) is 24.3 Å². The quantitative estimate of drug-likeness (QED) is 0.510. The van der Waals surface area contributed by atoms with E-state index in [1.807, 2.05) is 42.1 Å². The van der Waals surface area contributed by atoms with Crippen LogP contribution < -0.4 is 9.62 Å². The highest BCUT2D eigenvalue weighted by molar-refractivity contribution is 7.92. The molecule has 0 saturated carbocycles. The lowest BCUT2D eigenvalue weighted by Crippen LogP contribution is -2.54. The first-order valence-corrected chi connectivity index (χ1v) is 12.9. The highest BCUT2D eigenvalue weighted by atomic mass is 32.2. The van der Waals surface area contributed by atoms with Crippen LogP contribution in [-0.2, 0) is 21.2 Å². The van der Waals surface area contributed by atoms with Crippen molar-refractivity contribution in [3.05, 3.63) is 78.8 Å². The second-order valence-electron chi connectivity index (χ2n) is 8.68. The molecule has 2 aromatic carbocycles. The van der Waals surface area contributed by atoms with Crippen molar-refractivity contribution in [1.82, 2.24) is 19.8 Å². The van der Waals surface area contributed by atoms with Gasteiger partial charge in [-0.15, -0.1) is 0 Å². The molecule has 3 aromatic rings. The Morgan fingerprint density at radius 1 is 1.03 bits per heavy atom. The molecular weight excluding hydrogens is 464 g/mol. The van der Waals surface area contributed by atoms with Gasteiger partial charge in [0, 0.05) is 40.9 Å². The molecule has 1 N–H and O–H groups in total. The Hall–Kier alpha value is -3.50. The molecule has 0 unspecified atom stereocenters. The largest absolute Gasteiger partial charge is 0.368 e. The average Bonchev–Trinajstić information content (AvgIpc) is 2.88. The van der Waals surface area contributed by atoms with Gasteiger partial charge < -0.3 is 9.80 Å². The molecule has 0 spiro atoms. The van der Waals surface area contributed by atoms with Crippen molar-refractivity contribution < 1.29 is 16.1 Å². The van der Waals surface area contributed by atoms with E-state index < -0.39 is 10.0 Å². The minimum atomic E-state index is -3.74. The fraction of sp³-hybridized carbons (Fsp3) is 0.320. The third-order valence-electron chi connectivity index (χ3n) is 6.10. The lowest BCUT2D eigenvalue weighted by Gasteiger charge is -2.38. The molecule has 188 valence electrons. The van der Waals surface area contributed by atoms with E-state index in [0.29, 0.717) is 32.6 Å². The van der Waals surface area contributed by atoms with Crippen LogP contribution in [0.2, 0.25) is 0 Å². The molecule has 2 heterocycles. The second-order valence-corrected chi connectivity index (χ2v) is 10.4. The smallest absolute Gasteiger partial charge is 0.263 e. The fourth-order valence-electron chi connectivity index (χ4n) is 4.11. The molecule has 10 heteroatoms. The topological polar surface area (TPSA) is 98.7 Å². The van der Waals surface area contributed by atoms with Crippen LogP contribution in [0.5, 0.6) is 0 Å². The van der Waals surface area contributed by atoms with Gasteiger partial charge in [-0.05, 0) is 56.4 Å². The van der Waals surface area contributed by atoms with Crippen LogP contribution >= 0.6 is 0 Å². The number of nitrogens with zero attached hydrogens (tertiary/aromatic N) is 5. The number of carbonyl (C=O) groups excluding carboxylic acids is 1. The van der Waals surface area contributed by atoms with Crippen LogP contribution in [0.4, 0.5) is 11.5 Å². The third-order valence-corrected chi connectivity index (χ3v) is 7.48. The number of amides is 1. The van der Waals surface area contributed by atoms with E-state index in [2.05, 4.69) is 31.7 Å². The summed E-state index contributed by atoms with van der Waals surface area (Å²) in [5.41, 5.74) is 2.06. The maximum absolute atomic E-state index is 13.3. The third kappa shape index (κ3) is 6.14. The number of carbonyl (C=O) groups is 1. The molecule has 0 aliphatic carbocycles. The van der Waals surface area contributed by atoms with Gasteiger partial charge in [0.25, 0.3) is 10.0 Å². The first-order chi connectivity index (χ1) is 16.8. The molecule has 1 aromatic heterocycles. The monoisotopic (exact) mass is 498 g/mol. The molecule has 1 fully saturated rings. The summed E-state index contributed by atoms with van der Waals surface area (Å²) in [5.74, 6) is 0.351. The summed E-state index contributed by atoms with van der Waals surface area (Å²) < 4.78 is 27.7. The van der Waals surface area contributed by atoms with Crippen molar-refractivity contribution in [3.8, 4) is 0 Å². The maximum atomic E-state index is 13.3. The Labute approximate surface area is 209 Å². The summed E-state index contributed by atoms with van der Waals surface area (Å²) in [6.07, 6.45) is 3.43. The Morgan fingerprint density at radius 2 is 1.71 bits per heavy atom. The van der Waals surface area contributed by atoms with E-state index >= 15 is 0 Å². The summed E-state index contributed by atoms with van der Waals surface area (Å²) in [4.78, 5) is 27.2. The van der Waals surface area contributed by atoms with Gasteiger partial charge in [0.2, 0.25) is 5.91 Å². The minimum absolute atomic E-state index is 0. The van der Waals surface area contributed by atoms with Gasteiger partial charge in [0.05, 0.1) is 10.9 Å². The molecule has 1 aliphatic heterocycles. The van der Waals surface area contributed by atoms with Crippen LogP contribution in [0.15, 0.2) is 78.1 Å². The molecule has 1 atom stereocenters. The lowest BCUT2D eigenvalue weighted by molar-refractivity contribution is -0.136. The highest BCUT2D eigenvalue weighted by Crippen LogP contribution is 2.21. The Morgan fingerprint density at radius 3 is 2.31 bits per heavy atom. The van der Waals surface area contributed by atoms with E-state index in [-0.39, 0.29) is 25.5 Å². The number of anilines is 2. The first kappa shape index (κ1) is 24.6.